The Balaban J connectivity index is 1.56. The van der Waals surface area contributed by atoms with Crippen LogP contribution in [-0.4, -0.2) is 49.7 Å². The molecule has 2 N–H and O–H groups in total. The molecule has 2 heterocycles. The molecule has 0 aliphatic heterocycles. The number of imidazole rings is 1. The first-order valence-electron chi connectivity index (χ1n) is 9.20. The van der Waals surface area contributed by atoms with Gasteiger partial charge in [0.05, 0.1) is 0 Å². The van der Waals surface area contributed by atoms with Crippen LogP contribution in [0.5, 0.6) is 0 Å². The number of carbonyl (C=O) groups is 1. The number of carbonyl (C=O) groups excluding carboxylic acids is 1. The number of nitrogens with zero attached hydrogens (tertiary/aromatic N) is 4. The summed E-state index contributed by atoms with van der Waals surface area (Å²) in [6.07, 6.45) is 2.97. The van der Waals surface area contributed by atoms with Gasteiger partial charge in [-0.1, -0.05) is 0 Å². The second-order valence-corrected chi connectivity index (χ2v) is 7.12. The van der Waals surface area contributed by atoms with Crippen molar-refractivity contribution in [2.45, 2.75) is 63.8 Å². The molecule has 0 radical (unpaired) electrons. The van der Waals surface area contributed by atoms with Crippen molar-refractivity contribution in [1.82, 2.24) is 30.2 Å². The fourth-order valence-corrected chi connectivity index (χ4v) is 3.27. The summed E-state index contributed by atoms with van der Waals surface area (Å²) in [7, 11) is 0. The van der Waals surface area contributed by atoms with Crippen LogP contribution in [-0.2, 0) is 0 Å². The van der Waals surface area contributed by atoms with Crippen molar-refractivity contribution in [3.05, 3.63) is 36.2 Å². The van der Waals surface area contributed by atoms with Crippen molar-refractivity contribution >= 4 is 5.91 Å². The molecule has 0 saturated heterocycles. The Hall–Kier alpha value is -2.49. The van der Waals surface area contributed by atoms with Crippen LogP contribution in [0.15, 0.2) is 24.8 Å². The minimum absolute atomic E-state index is 0.0845. The van der Waals surface area contributed by atoms with Crippen LogP contribution in [0.4, 0.5) is 13.2 Å². The molecular weight excluding hydrogens is 373 g/mol. The van der Waals surface area contributed by atoms with Gasteiger partial charge in [0.25, 0.3) is 5.91 Å². The van der Waals surface area contributed by atoms with Crippen molar-refractivity contribution in [2.75, 3.05) is 0 Å². The van der Waals surface area contributed by atoms with Crippen LogP contribution in [0.1, 0.15) is 48.8 Å². The van der Waals surface area contributed by atoms with Crippen LogP contribution in [0.25, 0.3) is 5.95 Å². The number of aryl methyl sites for hydroxylation is 1. The summed E-state index contributed by atoms with van der Waals surface area (Å²) in [5, 5.41) is 5.56. The topological polar surface area (TPSA) is 84.7 Å². The molecule has 7 nitrogen and oxygen atoms in total. The van der Waals surface area contributed by atoms with Gasteiger partial charge in [0.15, 0.2) is 0 Å². The Labute approximate surface area is 160 Å². The number of hydrogen-bond acceptors (Lipinski definition) is 5. The number of hydrogen-bond donors (Lipinski definition) is 2. The van der Waals surface area contributed by atoms with Crippen molar-refractivity contribution in [3.63, 3.8) is 0 Å². The van der Waals surface area contributed by atoms with E-state index in [2.05, 4.69) is 25.6 Å². The Morgan fingerprint density at radius 3 is 2.50 bits per heavy atom. The van der Waals surface area contributed by atoms with Gasteiger partial charge in [-0.2, -0.15) is 13.2 Å². The summed E-state index contributed by atoms with van der Waals surface area (Å²) < 4.78 is 39.6. The van der Waals surface area contributed by atoms with Gasteiger partial charge < -0.3 is 10.6 Å². The molecule has 3 rings (SSSR count). The number of amides is 1. The third kappa shape index (κ3) is 5.06. The lowest BCUT2D eigenvalue weighted by atomic mass is 9.90. The average Bonchev–Trinajstić information content (AvgIpc) is 3.16. The quantitative estimate of drug-likeness (QED) is 0.812. The van der Waals surface area contributed by atoms with Gasteiger partial charge in [0.1, 0.15) is 18.1 Å². The first-order valence-corrected chi connectivity index (χ1v) is 9.20. The van der Waals surface area contributed by atoms with E-state index >= 15 is 0 Å². The largest absolute Gasteiger partial charge is 0.403 e. The zero-order valence-electron chi connectivity index (χ0n) is 15.7. The van der Waals surface area contributed by atoms with Crippen molar-refractivity contribution in [2.24, 2.45) is 0 Å². The Morgan fingerprint density at radius 2 is 1.89 bits per heavy atom. The fraction of sp³-hybridized carbons (Fsp3) is 0.556. The molecule has 2 aromatic heterocycles. The molecule has 1 amide bonds. The van der Waals surface area contributed by atoms with Gasteiger partial charge >= 0.3 is 6.18 Å². The van der Waals surface area contributed by atoms with Crippen LogP contribution in [0.3, 0.4) is 0 Å². The molecular formula is C18H23F3N6O. The molecule has 1 atom stereocenters. The van der Waals surface area contributed by atoms with E-state index < -0.39 is 12.2 Å². The van der Waals surface area contributed by atoms with Crippen LogP contribution >= 0.6 is 0 Å². The van der Waals surface area contributed by atoms with Crippen LogP contribution < -0.4 is 10.6 Å². The summed E-state index contributed by atoms with van der Waals surface area (Å²) in [5.74, 6) is 0.0450. The monoisotopic (exact) mass is 396 g/mol. The number of rotatable bonds is 5. The molecule has 0 spiro atoms. The fourth-order valence-electron chi connectivity index (χ4n) is 3.27. The van der Waals surface area contributed by atoms with E-state index in [-0.39, 0.29) is 23.7 Å². The van der Waals surface area contributed by atoms with E-state index in [1.165, 1.54) is 0 Å². The molecule has 1 saturated carbocycles. The summed E-state index contributed by atoms with van der Waals surface area (Å²) in [6, 6.07) is -0.208. The highest BCUT2D eigenvalue weighted by atomic mass is 19.4. The standard InChI is InChI=1S/C18H23F3N6O/c1-11-9-15(26-17(23-11)27-8-7-22-10-27)16(28)25-14-5-3-13(4-6-14)24-12(2)18(19,20)21/h7-10,12-14,24H,3-6H2,1-2H3,(H,25,28)/t12-,13-,14-/m0/s1. The zero-order valence-corrected chi connectivity index (χ0v) is 15.7. The number of alkyl halides is 3. The molecule has 2 aromatic rings. The van der Waals surface area contributed by atoms with Gasteiger partial charge in [-0.25, -0.2) is 15.0 Å². The van der Waals surface area contributed by atoms with Crippen LogP contribution in [0, 0.1) is 6.92 Å². The van der Waals surface area contributed by atoms with Gasteiger partial charge in [0, 0.05) is 30.2 Å². The van der Waals surface area contributed by atoms with E-state index in [9.17, 15) is 18.0 Å². The molecule has 1 aliphatic rings. The third-order valence-corrected chi connectivity index (χ3v) is 4.85. The normalized spacial score (nSPS) is 21.3. The highest BCUT2D eigenvalue weighted by molar-refractivity contribution is 5.92. The molecule has 0 aromatic carbocycles. The Kier molecular flexibility index (Phi) is 5.97. The molecule has 28 heavy (non-hydrogen) atoms. The third-order valence-electron chi connectivity index (χ3n) is 4.85. The molecule has 1 aliphatic carbocycles. The summed E-state index contributed by atoms with van der Waals surface area (Å²) in [4.78, 5) is 25.1. The highest BCUT2D eigenvalue weighted by Crippen LogP contribution is 2.24. The van der Waals surface area contributed by atoms with Crippen molar-refractivity contribution in [1.29, 1.82) is 0 Å². The minimum Gasteiger partial charge on any atom is -0.348 e. The lowest BCUT2D eigenvalue weighted by Crippen LogP contribution is -2.48. The molecule has 152 valence electrons. The predicted octanol–water partition coefficient (Wildman–Crippen LogP) is 2.55. The van der Waals surface area contributed by atoms with Gasteiger partial charge in [0.2, 0.25) is 5.95 Å². The minimum atomic E-state index is -4.25. The highest BCUT2D eigenvalue weighted by Gasteiger charge is 2.37. The van der Waals surface area contributed by atoms with E-state index in [0.717, 1.165) is 6.92 Å². The van der Waals surface area contributed by atoms with Gasteiger partial charge in [-0.15, -0.1) is 0 Å². The number of aromatic nitrogens is 4. The SMILES string of the molecule is Cc1cc(C(=O)N[C@H]2CC[C@H](N[C@@H](C)C(F)(F)F)CC2)nc(-n2ccnc2)n1. The first-order chi connectivity index (χ1) is 13.2. The second-order valence-electron chi connectivity index (χ2n) is 7.12. The van der Waals surface area contributed by atoms with Crippen molar-refractivity contribution in [3.8, 4) is 5.95 Å². The summed E-state index contributed by atoms with van der Waals surface area (Å²) >= 11 is 0. The van der Waals surface area contributed by atoms with E-state index in [0.29, 0.717) is 37.3 Å². The first kappa shape index (κ1) is 20.2. The Bertz CT molecular complexity index is 800. The maximum atomic E-state index is 12.7. The van der Waals surface area contributed by atoms with Crippen molar-refractivity contribution < 1.29 is 18.0 Å². The molecule has 0 bridgehead atoms. The number of halogens is 3. The van der Waals surface area contributed by atoms with Gasteiger partial charge in [-0.3, -0.25) is 9.36 Å². The summed E-state index contributed by atoms with van der Waals surface area (Å²) in [6.45, 7) is 2.90. The second kappa shape index (κ2) is 8.26. The average molecular weight is 396 g/mol. The van der Waals surface area contributed by atoms with E-state index in [1.807, 2.05) is 0 Å². The lowest BCUT2D eigenvalue weighted by Gasteiger charge is -2.32. The molecule has 0 unspecified atom stereocenters. The number of nitrogens with one attached hydrogen (secondary N) is 2. The predicted molar refractivity (Wildman–Crippen MR) is 96.1 cm³/mol. The maximum Gasteiger partial charge on any atom is 0.403 e. The van der Waals surface area contributed by atoms with Gasteiger partial charge in [-0.05, 0) is 45.6 Å². The smallest absolute Gasteiger partial charge is 0.348 e. The summed E-state index contributed by atoms with van der Waals surface area (Å²) in [5.41, 5.74) is 0.903. The van der Waals surface area contributed by atoms with Crippen LogP contribution in [0.2, 0.25) is 0 Å². The van der Waals surface area contributed by atoms with E-state index in [1.54, 1.807) is 36.3 Å². The molecule has 1 fully saturated rings. The molecule has 10 heteroatoms. The zero-order chi connectivity index (χ0) is 20.3. The maximum absolute atomic E-state index is 12.7. The Morgan fingerprint density at radius 1 is 1.21 bits per heavy atom. The lowest BCUT2D eigenvalue weighted by molar-refractivity contribution is -0.153. The van der Waals surface area contributed by atoms with E-state index in [4.69, 9.17) is 0 Å².